The molecule has 0 aliphatic carbocycles. The first-order valence-corrected chi connectivity index (χ1v) is 8.20. The lowest BCUT2D eigenvalue weighted by Crippen LogP contribution is -2.57. The minimum absolute atomic E-state index is 0.0301. The molecule has 0 spiro atoms. The van der Waals surface area contributed by atoms with Gasteiger partial charge >= 0.3 is 0 Å². The zero-order valence-corrected chi connectivity index (χ0v) is 15.9. The normalized spacial score (nSPS) is 25.4. The molecule has 0 saturated carbocycles. The van der Waals surface area contributed by atoms with Crippen LogP contribution in [0.4, 0.5) is 0 Å². The second kappa shape index (κ2) is 9.15. The van der Waals surface area contributed by atoms with E-state index >= 15 is 0 Å². The summed E-state index contributed by atoms with van der Waals surface area (Å²) in [6.45, 7) is 15.8. The van der Waals surface area contributed by atoms with Crippen LogP contribution in [0.5, 0.6) is 0 Å². The summed E-state index contributed by atoms with van der Waals surface area (Å²) < 4.78 is 0. The van der Waals surface area contributed by atoms with Gasteiger partial charge in [-0.3, -0.25) is 0 Å². The molecule has 6 heteroatoms. The molecule has 12 N–H and O–H groups in total. The van der Waals surface area contributed by atoms with Gasteiger partial charge in [-0.25, -0.2) is 0 Å². The summed E-state index contributed by atoms with van der Waals surface area (Å²) in [5, 5.41) is 0. The number of hydrogen-bond donors (Lipinski definition) is 6. The van der Waals surface area contributed by atoms with Gasteiger partial charge in [-0.2, -0.15) is 0 Å². The maximum Gasteiger partial charge on any atom is 0.0120 e. The molecular weight excluding hydrogens is 276 g/mol. The predicted octanol–water partition coefficient (Wildman–Crippen LogP) is 0.0686. The van der Waals surface area contributed by atoms with Gasteiger partial charge in [0.05, 0.1) is 0 Å². The third-order valence-corrected chi connectivity index (χ3v) is 5.89. The summed E-state index contributed by atoms with van der Waals surface area (Å²) >= 11 is 0. The topological polar surface area (TPSA) is 156 Å². The zero-order chi connectivity index (χ0) is 18.5. The Morgan fingerprint density at radius 3 is 0.500 bits per heavy atom. The minimum Gasteiger partial charge on any atom is -0.327 e. The molecule has 136 valence electrons. The highest BCUT2D eigenvalue weighted by atomic mass is 14.8. The molecule has 0 aromatic rings. The van der Waals surface area contributed by atoms with Crippen LogP contribution in [0.15, 0.2) is 0 Å². The van der Waals surface area contributed by atoms with E-state index in [0.717, 1.165) is 0 Å². The largest absolute Gasteiger partial charge is 0.327 e. The fourth-order valence-electron chi connectivity index (χ4n) is 2.49. The molecule has 0 aliphatic heterocycles. The first-order valence-electron chi connectivity index (χ1n) is 8.20. The summed E-state index contributed by atoms with van der Waals surface area (Å²) in [4.78, 5) is 0. The van der Waals surface area contributed by atoms with Crippen molar-refractivity contribution in [2.24, 2.45) is 45.2 Å². The summed E-state index contributed by atoms with van der Waals surface area (Å²) in [6, 6.07) is 0.181. The molecule has 6 unspecified atom stereocenters. The Morgan fingerprint density at radius 2 is 0.500 bits per heavy atom. The van der Waals surface area contributed by atoms with Crippen LogP contribution in [0.25, 0.3) is 0 Å². The molecule has 0 aromatic carbocycles. The van der Waals surface area contributed by atoms with Crippen molar-refractivity contribution in [1.29, 1.82) is 0 Å². The van der Waals surface area contributed by atoms with Gasteiger partial charge in [0.2, 0.25) is 0 Å². The Hall–Kier alpha value is -0.240. The average molecular weight is 319 g/mol. The summed E-state index contributed by atoms with van der Waals surface area (Å²) in [6.07, 6.45) is 0. The maximum atomic E-state index is 5.81. The monoisotopic (exact) mass is 318 g/mol. The van der Waals surface area contributed by atoms with Crippen molar-refractivity contribution < 1.29 is 0 Å². The standard InChI is InChI=1S/2C8H21N3/c2*1-5(9)8(4,6(2)10)7(3)11/h2*5-7H,9-11H2,1-4H3. The molecule has 0 aliphatic rings. The molecular formula is C16H42N6. The van der Waals surface area contributed by atoms with Crippen molar-refractivity contribution >= 4 is 0 Å². The highest BCUT2D eigenvalue weighted by molar-refractivity contribution is 4.96. The third kappa shape index (κ3) is 5.44. The van der Waals surface area contributed by atoms with Crippen LogP contribution in [-0.2, 0) is 0 Å². The molecule has 22 heavy (non-hydrogen) atoms. The molecule has 0 amide bonds. The van der Waals surface area contributed by atoms with Crippen LogP contribution >= 0.6 is 0 Å². The van der Waals surface area contributed by atoms with Gasteiger partial charge in [-0.15, -0.1) is 0 Å². The molecule has 0 rings (SSSR count). The molecule has 0 radical (unpaired) electrons. The van der Waals surface area contributed by atoms with Crippen molar-refractivity contribution in [3.05, 3.63) is 0 Å². The van der Waals surface area contributed by atoms with E-state index in [0.29, 0.717) is 0 Å². The number of nitrogens with two attached hydrogens (primary N) is 6. The highest BCUT2D eigenvalue weighted by Gasteiger charge is 2.37. The second-order valence-corrected chi connectivity index (χ2v) is 7.46. The Balaban J connectivity index is 0. The fourth-order valence-corrected chi connectivity index (χ4v) is 2.49. The minimum atomic E-state index is -0.167. The Labute approximate surface area is 137 Å². The average Bonchev–Trinajstić information content (AvgIpc) is 2.35. The first kappa shape index (κ1) is 24.0. The van der Waals surface area contributed by atoms with E-state index in [2.05, 4.69) is 0 Å². The Bertz CT molecular complexity index is 223. The smallest absolute Gasteiger partial charge is 0.0120 e. The van der Waals surface area contributed by atoms with Crippen LogP contribution in [0.2, 0.25) is 0 Å². The lowest BCUT2D eigenvalue weighted by Gasteiger charge is -2.40. The number of hydrogen-bond acceptors (Lipinski definition) is 6. The van der Waals surface area contributed by atoms with Gasteiger partial charge < -0.3 is 34.4 Å². The van der Waals surface area contributed by atoms with Gasteiger partial charge in [0, 0.05) is 47.1 Å². The van der Waals surface area contributed by atoms with E-state index < -0.39 is 0 Å². The number of rotatable bonds is 6. The van der Waals surface area contributed by atoms with Crippen LogP contribution in [0.3, 0.4) is 0 Å². The molecule has 0 bridgehead atoms. The van der Waals surface area contributed by atoms with E-state index in [1.165, 1.54) is 0 Å². The lowest BCUT2D eigenvalue weighted by molar-refractivity contribution is 0.179. The molecule has 0 fully saturated rings. The van der Waals surface area contributed by atoms with E-state index in [9.17, 15) is 0 Å². The molecule has 6 nitrogen and oxygen atoms in total. The zero-order valence-electron chi connectivity index (χ0n) is 15.9. The van der Waals surface area contributed by atoms with Gasteiger partial charge in [0.25, 0.3) is 0 Å². The van der Waals surface area contributed by atoms with E-state index in [1.54, 1.807) is 0 Å². The predicted molar refractivity (Wildman–Crippen MR) is 98.1 cm³/mol. The van der Waals surface area contributed by atoms with Gasteiger partial charge in [0.15, 0.2) is 0 Å². The maximum absolute atomic E-state index is 5.81. The molecule has 0 heterocycles. The molecule has 0 saturated heterocycles. The van der Waals surface area contributed by atoms with Crippen molar-refractivity contribution in [2.45, 2.75) is 91.6 Å². The first-order chi connectivity index (χ1) is 9.66. The molecule has 6 atom stereocenters. The Kier molecular flexibility index (Phi) is 9.99. The van der Waals surface area contributed by atoms with E-state index in [1.807, 2.05) is 55.4 Å². The van der Waals surface area contributed by atoms with Crippen molar-refractivity contribution in [3.63, 3.8) is 0 Å². The van der Waals surface area contributed by atoms with Gasteiger partial charge in [-0.05, 0) is 41.5 Å². The fraction of sp³-hybridized carbons (Fsp3) is 1.00. The lowest BCUT2D eigenvalue weighted by atomic mass is 9.72. The quantitative estimate of drug-likeness (QED) is 0.407. The van der Waals surface area contributed by atoms with Crippen LogP contribution < -0.4 is 34.4 Å². The van der Waals surface area contributed by atoms with Crippen LogP contribution in [0.1, 0.15) is 55.4 Å². The van der Waals surface area contributed by atoms with Crippen molar-refractivity contribution in [3.8, 4) is 0 Å². The molecule has 0 aromatic heterocycles. The Morgan fingerprint density at radius 1 is 0.409 bits per heavy atom. The van der Waals surface area contributed by atoms with Crippen LogP contribution in [0, 0.1) is 10.8 Å². The summed E-state index contributed by atoms with van der Waals surface area (Å²) in [5.74, 6) is 0. The van der Waals surface area contributed by atoms with Gasteiger partial charge in [-0.1, -0.05) is 13.8 Å². The SMILES string of the molecule is CC(N)C(C)(C(C)N)C(C)N.CC(N)C(C)(C(C)N)C(C)N. The van der Waals surface area contributed by atoms with Crippen LogP contribution in [-0.4, -0.2) is 36.3 Å². The van der Waals surface area contributed by atoms with Crippen molar-refractivity contribution in [2.75, 3.05) is 0 Å². The van der Waals surface area contributed by atoms with E-state index in [-0.39, 0.29) is 47.1 Å². The third-order valence-electron chi connectivity index (χ3n) is 5.89. The highest BCUT2D eigenvalue weighted by Crippen LogP contribution is 2.27. The van der Waals surface area contributed by atoms with Gasteiger partial charge in [0.1, 0.15) is 0 Å². The summed E-state index contributed by atoms with van der Waals surface area (Å²) in [7, 11) is 0. The summed E-state index contributed by atoms with van der Waals surface area (Å²) in [5.41, 5.74) is 34.5. The van der Waals surface area contributed by atoms with E-state index in [4.69, 9.17) is 34.4 Å². The van der Waals surface area contributed by atoms with Crippen molar-refractivity contribution in [1.82, 2.24) is 0 Å². The second-order valence-electron chi connectivity index (χ2n) is 7.46.